The van der Waals surface area contributed by atoms with Crippen LogP contribution in [0.15, 0.2) is 24.3 Å². The summed E-state index contributed by atoms with van der Waals surface area (Å²) in [4.78, 5) is 0. The van der Waals surface area contributed by atoms with Crippen LogP contribution in [0.25, 0.3) is 0 Å². The topological polar surface area (TPSA) is 0 Å². The summed E-state index contributed by atoms with van der Waals surface area (Å²) in [6, 6.07) is 1.98. The molecule has 0 bridgehead atoms. The second kappa shape index (κ2) is 8.91. The third-order valence-corrected chi connectivity index (χ3v) is 2.97. The number of alkyl halides is 4. The summed E-state index contributed by atoms with van der Waals surface area (Å²) < 4.78 is 98.5. The van der Waals surface area contributed by atoms with Gasteiger partial charge in [-0.05, 0) is 24.3 Å². The standard InChI is InChI=1S/2C9H4F4/c2*1-2-5-3-7(10)8(11)4-6(5)9(12)13/h2*1,3-4,9H. The molecule has 0 radical (unpaired) electrons. The first-order valence-electron chi connectivity index (χ1n) is 6.59. The molecule has 0 amide bonds. The fourth-order valence-corrected chi connectivity index (χ4v) is 1.74. The molecule has 8 heteroatoms. The number of hydrogen-bond acceptors (Lipinski definition) is 0. The monoisotopic (exact) mass is 376 g/mol. The molecule has 2 rings (SSSR count). The fraction of sp³-hybridized carbons (Fsp3) is 0.111. The second-order valence-electron chi connectivity index (χ2n) is 4.60. The molecular weight excluding hydrogens is 368 g/mol. The molecule has 2 aromatic carbocycles. The van der Waals surface area contributed by atoms with Crippen molar-refractivity contribution in [2.75, 3.05) is 0 Å². The Morgan fingerprint density at radius 3 is 1.08 bits per heavy atom. The second-order valence-corrected chi connectivity index (χ2v) is 4.60. The molecule has 0 aliphatic carbocycles. The van der Waals surface area contributed by atoms with E-state index in [1.54, 1.807) is 0 Å². The molecule has 0 spiro atoms. The third kappa shape index (κ3) is 5.00. The van der Waals surface area contributed by atoms with E-state index in [1.165, 1.54) is 0 Å². The van der Waals surface area contributed by atoms with E-state index in [9.17, 15) is 35.1 Å². The van der Waals surface area contributed by atoms with Gasteiger partial charge in [-0.3, -0.25) is 0 Å². The van der Waals surface area contributed by atoms with E-state index in [4.69, 9.17) is 12.8 Å². The van der Waals surface area contributed by atoms with Gasteiger partial charge in [-0.25, -0.2) is 35.1 Å². The highest BCUT2D eigenvalue weighted by Crippen LogP contribution is 2.25. The van der Waals surface area contributed by atoms with Gasteiger partial charge in [-0.15, -0.1) is 12.8 Å². The predicted octanol–water partition coefficient (Wildman–Crippen LogP) is 5.77. The van der Waals surface area contributed by atoms with E-state index >= 15 is 0 Å². The highest BCUT2D eigenvalue weighted by molar-refractivity contribution is 5.42. The molecule has 0 N–H and O–H groups in total. The van der Waals surface area contributed by atoms with E-state index in [0.717, 1.165) is 0 Å². The molecule has 26 heavy (non-hydrogen) atoms. The van der Waals surface area contributed by atoms with Crippen LogP contribution in [0.3, 0.4) is 0 Å². The Hall–Kier alpha value is -3.00. The Morgan fingerprint density at radius 2 is 0.846 bits per heavy atom. The van der Waals surface area contributed by atoms with Crippen molar-refractivity contribution < 1.29 is 35.1 Å². The molecule has 0 nitrogen and oxygen atoms in total. The summed E-state index contributed by atoms with van der Waals surface area (Å²) in [6.07, 6.45) is 3.87. The lowest BCUT2D eigenvalue weighted by molar-refractivity contribution is 0.150. The lowest BCUT2D eigenvalue weighted by Gasteiger charge is -2.03. The van der Waals surface area contributed by atoms with Crippen molar-refractivity contribution in [3.63, 3.8) is 0 Å². The van der Waals surface area contributed by atoms with E-state index in [1.807, 2.05) is 11.8 Å². The molecule has 0 fully saturated rings. The molecule has 2 aromatic rings. The lowest BCUT2D eigenvalue weighted by Crippen LogP contribution is -1.95. The maximum Gasteiger partial charge on any atom is 0.265 e. The number of benzene rings is 2. The molecule has 0 atom stereocenters. The number of rotatable bonds is 2. The summed E-state index contributed by atoms with van der Waals surface area (Å²) in [7, 11) is 0. The highest BCUT2D eigenvalue weighted by atomic mass is 19.3. The van der Waals surface area contributed by atoms with Gasteiger partial charge in [-0.2, -0.15) is 0 Å². The summed E-state index contributed by atoms with van der Waals surface area (Å²) >= 11 is 0. The fourth-order valence-electron chi connectivity index (χ4n) is 1.74. The van der Waals surface area contributed by atoms with E-state index < -0.39 is 47.2 Å². The van der Waals surface area contributed by atoms with Crippen molar-refractivity contribution in [2.45, 2.75) is 12.9 Å². The van der Waals surface area contributed by atoms with Gasteiger partial charge in [-0.1, -0.05) is 11.8 Å². The van der Waals surface area contributed by atoms with Crippen molar-refractivity contribution in [1.29, 1.82) is 0 Å². The van der Waals surface area contributed by atoms with E-state index in [0.29, 0.717) is 24.3 Å². The van der Waals surface area contributed by atoms with Crippen LogP contribution < -0.4 is 0 Å². The van der Waals surface area contributed by atoms with Crippen molar-refractivity contribution in [1.82, 2.24) is 0 Å². The van der Waals surface area contributed by atoms with Gasteiger partial charge in [0, 0.05) is 22.3 Å². The Bertz CT molecular complexity index is 799. The van der Waals surface area contributed by atoms with Crippen LogP contribution in [-0.2, 0) is 0 Å². The Balaban J connectivity index is 0.000000260. The van der Waals surface area contributed by atoms with Gasteiger partial charge in [0.25, 0.3) is 12.9 Å². The van der Waals surface area contributed by atoms with Crippen LogP contribution in [-0.4, -0.2) is 0 Å². The molecule has 0 saturated heterocycles. The highest BCUT2D eigenvalue weighted by Gasteiger charge is 2.16. The summed E-state index contributed by atoms with van der Waals surface area (Å²) in [6.45, 7) is 0. The van der Waals surface area contributed by atoms with Crippen LogP contribution in [0.4, 0.5) is 35.1 Å². The van der Waals surface area contributed by atoms with Crippen LogP contribution in [0, 0.1) is 48.0 Å². The number of hydrogen-bond donors (Lipinski definition) is 0. The minimum absolute atomic E-state index is 0.325. The maximum absolute atomic E-state index is 12.5. The summed E-state index contributed by atoms with van der Waals surface area (Å²) in [5, 5.41) is 0. The summed E-state index contributed by atoms with van der Waals surface area (Å²) in [5.41, 5.74) is -1.98. The minimum atomic E-state index is -2.90. The number of halogens is 8. The van der Waals surface area contributed by atoms with Crippen LogP contribution in [0.5, 0.6) is 0 Å². The molecule has 0 heterocycles. The molecule has 136 valence electrons. The molecule has 0 aliphatic rings. The smallest absolute Gasteiger partial charge is 0.205 e. The van der Waals surface area contributed by atoms with Crippen LogP contribution in [0.2, 0.25) is 0 Å². The third-order valence-electron chi connectivity index (χ3n) is 2.97. The predicted molar refractivity (Wildman–Crippen MR) is 78.5 cm³/mol. The lowest BCUT2D eigenvalue weighted by atomic mass is 10.1. The Kier molecular flexibility index (Phi) is 7.21. The first kappa shape index (κ1) is 21.0. The Morgan fingerprint density at radius 1 is 0.577 bits per heavy atom. The van der Waals surface area contributed by atoms with Gasteiger partial charge in [0.05, 0.1) is 0 Å². The van der Waals surface area contributed by atoms with E-state index in [-0.39, 0.29) is 11.1 Å². The van der Waals surface area contributed by atoms with Crippen molar-refractivity contribution in [3.05, 3.63) is 69.8 Å². The van der Waals surface area contributed by atoms with Gasteiger partial charge < -0.3 is 0 Å². The zero-order chi connectivity index (χ0) is 20.0. The van der Waals surface area contributed by atoms with Gasteiger partial charge >= 0.3 is 0 Å². The quantitative estimate of drug-likeness (QED) is 0.461. The average molecular weight is 376 g/mol. The number of terminal acetylenes is 2. The van der Waals surface area contributed by atoms with Crippen LogP contribution in [0.1, 0.15) is 35.1 Å². The van der Waals surface area contributed by atoms with Gasteiger partial charge in [0.1, 0.15) is 0 Å². The maximum atomic E-state index is 12.5. The minimum Gasteiger partial charge on any atom is -0.205 e. The van der Waals surface area contributed by atoms with Crippen molar-refractivity contribution in [2.24, 2.45) is 0 Å². The van der Waals surface area contributed by atoms with Gasteiger partial charge in [0.15, 0.2) is 23.3 Å². The van der Waals surface area contributed by atoms with E-state index in [2.05, 4.69) is 0 Å². The SMILES string of the molecule is C#Cc1cc(F)c(F)cc1C(F)F.C#Cc1cc(F)c(F)cc1C(F)F. The van der Waals surface area contributed by atoms with Crippen molar-refractivity contribution >= 4 is 0 Å². The first-order chi connectivity index (χ1) is 12.1. The Labute approximate surface area is 143 Å². The largest absolute Gasteiger partial charge is 0.265 e. The van der Waals surface area contributed by atoms with Crippen molar-refractivity contribution in [3.8, 4) is 24.7 Å². The van der Waals surface area contributed by atoms with Crippen LogP contribution >= 0.6 is 0 Å². The summed E-state index contributed by atoms with van der Waals surface area (Å²) in [5.74, 6) is -1.38. The van der Waals surface area contributed by atoms with Gasteiger partial charge in [0.2, 0.25) is 0 Å². The molecule has 0 unspecified atom stereocenters. The zero-order valence-corrected chi connectivity index (χ0v) is 12.6. The zero-order valence-electron chi connectivity index (χ0n) is 12.6. The molecule has 0 saturated carbocycles. The molecule has 0 aliphatic heterocycles. The normalized spacial score (nSPS) is 10.2. The first-order valence-corrected chi connectivity index (χ1v) is 6.59. The molecular formula is C18H8F8. The molecule has 0 aromatic heterocycles. The average Bonchev–Trinajstić information content (AvgIpc) is 2.59.